The molecule has 0 amide bonds. The van der Waals surface area contributed by atoms with E-state index in [1.807, 2.05) is 42.6 Å². The van der Waals surface area contributed by atoms with Crippen LogP contribution in [-0.4, -0.2) is 23.2 Å². The zero-order valence-electron chi connectivity index (χ0n) is 21.9. The number of hydrogen-bond acceptors (Lipinski definition) is 4. The number of rotatable bonds is 5. The van der Waals surface area contributed by atoms with Gasteiger partial charge in [0.15, 0.2) is 5.11 Å². The van der Waals surface area contributed by atoms with Crippen molar-refractivity contribution in [2.24, 2.45) is 5.92 Å². The third-order valence-electron chi connectivity index (χ3n) is 7.74. The number of aryl methyl sites for hydroxylation is 1. The minimum absolute atomic E-state index is 0.193. The molecular formula is C31H30BrClN4OS. The highest BCUT2D eigenvalue weighted by Crippen LogP contribution is 2.45. The van der Waals surface area contributed by atoms with E-state index in [1.54, 1.807) is 0 Å². The molecule has 2 aromatic heterocycles. The van der Waals surface area contributed by atoms with Gasteiger partial charge in [0.1, 0.15) is 17.6 Å². The minimum atomic E-state index is -0.247. The molecule has 0 bridgehead atoms. The van der Waals surface area contributed by atoms with Gasteiger partial charge in [0.2, 0.25) is 0 Å². The van der Waals surface area contributed by atoms with E-state index in [-0.39, 0.29) is 12.1 Å². The van der Waals surface area contributed by atoms with Gasteiger partial charge in [0.25, 0.3) is 0 Å². The zero-order chi connectivity index (χ0) is 27.1. The maximum absolute atomic E-state index is 6.91. The lowest BCUT2D eigenvalue weighted by Gasteiger charge is -2.33. The average molecular weight is 622 g/mol. The Morgan fingerprint density at radius 1 is 1.05 bits per heavy atom. The van der Waals surface area contributed by atoms with Crippen LogP contribution in [0.15, 0.2) is 81.8 Å². The number of halogens is 2. The molecule has 1 N–H and O–H groups in total. The Morgan fingerprint density at radius 2 is 1.87 bits per heavy atom. The second-order valence-corrected chi connectivity index (χ2v) is 12.1. The van der Waals surface area contributed by atoms with E-state index in [4.69, 9.17) is 28.2 Å². The Hall–Kier alpha value is -2.87. The van der Waals surface area contributed by atoms with E-state index in [2.05, 4.69) is 80.2 Å². The number of nitrogens with one attached hydrogen (secondary N) is 1. The van der Waals surface area contributed by atoms with E-state index in [0.29, 0.717) is 5.11 Å². The van der Waals surface area contributed by atoms with Gasteiger partial charge in [-0.25, -0.2) is 0 Å². The molecule has 2 aliphatic heterocycles. The van der Waals surface area contributed by atoms with Crippen LogP contribution in [0.1, 0.15) is 48.9 Å². The second-order valence-electron chi connectivity index (χ2n) is 10.5. The van der Waals surface area contributed by atoms with Crippen molar-refractivity contribution in [3.05, 3.63) is 99.4 Å². The highest BCUT2D eigenvalue weighted by molar-refractivity contribution is 9.10. The summed E-state index contributed by atoms with van der Waals surface area (Å²) in [5, 5.41) is 4.85. The van der Waals surface area contributed by atoms with Crippen LogP contribution in [0.3, 0.4) is 0 Å². The molecule has 2 saturated heterocycles. The molecule has 0 spiro atoms. The highest BCUT2D eigenvalue weighted by atomic mass is 79.9. The summed E-state index contributed by atoms with van der Waals surface area (Å²) in [6.45, 7) is 6.44. The molecular weight excluding hydrogens is 592 g/mol. The van der Waals surface area contributed by atoms with E-state index in [0.717, 1.165) is 62.7 Å². The fourth-order valence-electron chi connectivity index (χ4n) is 5.55. The van der Waals surface area contributed by atoms with Crippen LogP contribution >= 0.6 is 39.7 Å². The van der Waals surface area contributed by atoms with Crippen LogP contribution in [-0.2, 0) is 0 Å². The van der Waals surface area contributed by atoms with Crippen molar-refractivity contribution in [3.8, 4) is 11.3 Å². The summed E-state index contributed by atoms with van der Waals surface area (Å²) in [7, 11) is 0. The molecule has 200 valence electrons. The maximum atomic E-state index is 6.91. The van der Waals surface area contributed by atoms with E-state index < -0.39 is 0 Å². The predicted molar refractivity (Wildman–Crippen MR) is 167 cm³/mol. The Morgan fingerprint density at radius 3 is 2.59 bits per heavy atom. The van der Waals surface area contributed by atoms with Crippen molar-refractivity contribution in [2.45, 2.75) is 38.8 Å². The van der Waals surface area contributed by atoms with Crippen LogP contribution in [0.25, 0.3) is 11.3 Å². The molecule has 8 heteroatoms. The SMILES string of the molecule is Cc1ccc(-c2ccc([C@@H]3[C@H](c4ccccn4)NC(=S)N3c3ccc(N4CCC(C)CC4)c(Cl)c3)o2)c(Br)c1. The van der Waals surface area contributed by atoms with Gasteiger partial charge >= 0.3 is 0 Å². The Kier molecular flexibility index (Phi) is 7.40. The average Bonchev–Trinajstić information content (AvgIpc) is 3.54. The van der Waals surface area contributed by atoms with Crippen molar-refractivity contribution < 1.29 is 4.42 Å². The number of thiocarbonyl (C=S) groups is 1. The minimum Gasteiger partial charge on any atom is -0.459 e. The van der Waals surface area contributed by atoms with Gasteiger partial charge in [-0.3, -0.25) is 4.98 Å². The molecule has 0 unspecified atom stereocenters. The van der Waals surface area contributed by atoms with Crippen molar-refractivity contribution >= 4 is 56.2 Å². The lowest BCUT2D eigenvalue weighted by atomic mass is 9.98. The molecule has 39 heavy (non-hydrogen) atoms. The fraction of sp³-hybridized carbons (Fsp3) is 0.290. The van der Waals surface area contributed by atoms with Crippen molar-refractivity contribution in [2.75, 3.05) is 22.9 Å². The van der Waals surface area contributed by atoms with Crippen LogP contribution in [0.4, 0.5) is 11.4 Å². The summed E-state index contributed by atoms with van der Waals surface area (Å²) >= 11 is 16.5. The third-order valence-corrected chi connectivity index (χ3v) is 9.01. The van der Waals surface area contributed by atoms with E-state index >= 15 is 0 Å². The van der Waals surface area contributed by atoms with Gasteiger partial charge in [0.05, 0.1) is 22.4 Å². The van der Waals surface area contributed by atoms with E-state index in [9.17, 15) is 0 Å². The smallest absolute Gasteiger partial charge is 0.174 e. The highest BCUT2D eigenvalue weighted by Gasteiger charge is 2.43. The lowest BCUT2D eigenvalue weighted by molar-refractivity contribution is 0.438. The van der Waals surface area contributed by atoms with Crippen LogP contribution in [0.5, 0.6) is 0 Å². The molecule has 2 aliphatic rings. The molecule has 0 radical (unpaired) electrons. The molecule has 2 fully saturated rings. The van der Waals surface area contributed by atoms with Gasteiger partial charge in [-0.15, -0.1) is 0 Å². The Bertz CT molecular complexity index is 1500. The molecule has 0 saturated carbocycles. The van der Waals surface area contributed by atoms with Crippen LogP contribution < -0.4 is 15.1 Å². The topological polar surface area (TPSA) is 44.5 Å². The summed E-state index contributed by atoms with van der Waals surface area (Å²) in [6, 6.07) is 22.1. The largest absolute Gasteiger partial charge is 0.459 e. The first-order chi connectivity index (χ1) is 18.9. The quantitative estimate of drug-likeness (QED) is 0.226. The zero-order valence-corrected chi connectivity index (χ0v) is 25.1. The third kappa shape index (κ3) is 5.20. The summed E-state index contributed by atoms with van der Waals surface area (Å²) in [4.78, 5) is 9.15. The van der Waals surface area contributed by atoms with E-state index in [1.165, 1.54) is 18.4 Å². The normalized spacial score (nSPS) is 19.9. The summed E-state index contributed by atoms with van der Waals surface area (Å²) in [6.07, 6.45) is 4.18. The summed E-state index contributed by atoms with van der Waals surface area (Å²) in [5.74, 6) is 2.35. The molecule has 2 aromatic carbocycles. The number of piperidine rings is 1. The first kappa shape index (κ1) is 26.4. The standard InChI is InChI=1S/C31H30BrClN4OS/c1-19-12-15-36(16-13-19)26-9-7-21(18-24(26)33)37-30(29(35-31(37)39)25-5-3-4-14-34-25)28-11-10-27(38-28)22-8-6-20(2)17-23(22)32/h3-11,14,17-19,29-30H,12-13,15-16H2,1-2H3,(H,35,39)/t29-,30+/m0/s1. The van der Waals surface area contributed by atoms with Crippen molar-refractivity contribution in [1.29, 1.82) is 0 Å². The number of aromatic nitrogens is 1. The second kappa shape index (κ2) is 11.0. The maximum Gasteiger partial charge on any atom is 0.174 e. The van der Waals surface area contributed by atoms with Crippen LogP contribution in [0.2, 0.25) is 5.02 Å². The predicted octanol–water partition coefficient (Wildman–Crippen LogP) is 8.48. The Labute approximate surface area is 248 Å². The van der Waals surface area contributed by atoms with Crippen molar-refractivity contribution in [3.63, 3.8) is 0 Å². The molecule has 4 heterocycles. The summed E-state index contributed by atoms with van der Waals surface area (Å²) in [5.41, 5.74) is 5.08. The molecule has 4 aromatic rings. The number of furan rings is 1. The summed E-state index contributed by atoms with van der Waals surface area (Å²) < 4.78 is 7.54. The molecule has 6 rings (SSSR count). The van der Waals surface area contributed by atoms with Crippen LogP contribution in [0, 0.1) is 12.8 Å². The van der Waals surface area contributed by atoms with Gasteiger partial charge in [-0.2, -0.15) is 0 Å². The Balaban J connectivity index is 1.38. The number of hydrogen-bond donors (Lipinski definition) is 1. The monoisotopic (exact) mass is 620 g/mol. The molecule has 5 nitrogen and oxygen atoms in total. The van der Waals surface area contributed by atoms with Gasteiger partial charge < -0.3 is 19.5 Å². The molecule has 0 aliphatic carbocycles. The first-order valence-electron chi connectivity index (χ1n) is 13.3. The number of pyridine rings is 1. The number of benzene rings is 2. The number of nitrogens with zero attached hydrogens (tertiary/aromatic N) is 3. The van der Waals surface area contributed by atoms with Gasteiger partial charge in [-0.05, 0) is 98.1 Å². The first-order valence-corrected chi connectivity index (χ1v) is 14.9. The molecule has 2 atom stereocenters. The lowest BCUT2D eigenvalue weighted by Crippen LogP contribution is -2.33. The van der Waals surface area contributed by atoms with Gasteiger partial charge in [-0.1, -0.05) is 46.6 Å². The number of anilines is 2. The van der Waals surface area contributed by atoms with Gasteiger partial charge in [0, 0.05) is 35.0 Å². The van der Waals surface area contributed by atoms with Crippen molar-refractivity contribution in [1.82, 2.24) is 10.3 Å². The fourth-order valence-corrected chi connectivity index (χ4v) is 6.88.